The summed E-state index contributed by atoms with van der Waals surface area (Å²) in [6.45, 7) is 2.41. The zero-order chi connectivity index (χ0) is 16.2. The van der Waals surface area contributed by atoms with Crippen LogP contribution in [-0.2, 0) is 11.3 Å². The largest absolute Gasteiger partial charge is 0.370 e. The number of nitrogens with one attached hydrogen (secondary N) is 1. The van der Waals surface area contributed by atoms with Crippen LogP contribution in [0.25, 0.3) is 4.96 Å². The van der Waals surface area contributed by atoms with Gasteiger partial charge in [0.05, 0.1) is 12.2 Å². The number of thiazole rings is 1. The molecular weight excluding hydrogens is 312 g/mol. The smallest absolute Gasteiger partial charge is 0.217 e. The lowest BCUT2D eigenvalue weighted by molar-refractivity contribution is -0.119. The Morgan fingerprint density at radius 2 is 2.48 bits per heavy atom. The summed E-state index contributed by atoms with van der Waals surface area (Å²) >= 11 is 1.62. The lowest BCUT2D eigenvalue weighted by Gasteiger charge is -2.34. The quantitative estimate of drug-likeness (QED) is 0.646. The Bertz CT molecular complexity index is 677. The molecule has 1 aliphatic rings. The number of carbonyl (C=O) groups is 1. The Morgan fingerprint density at radius 1 is 1.61 bits per heavy atom. The van der Waals surface area contributed by atoms with Crippen LogP contribution in [-0.4, -0.2) is 46.3 Å². The van der Waals surface area contributed by atoms with E-state index in [4.69, 9.17) is 5.73 Å². The predicted octanol–water partition coefficient (Wildman–Crippen LogP) is 1.06. The molecular formula is C15H22N6OS. The Balaban J connectivity index is 1.58. The van der Waals surface area contributed by atoms with Crippen molar-refractivity contribution in [1.82, 2.24) is 19.6 Å². The minimum atomic E-state index is -0.224. The SMILES string of the molecule is CN=C(NCc1cn2ccsc2n1)N1CCCC(CC(N)=O)C1. The number of nitrogens with zero attached hydrogens (tertiary/aromatic N) is 4. The lowest BCUT2D eigenvalue weighted by atomic mass is 9.95. The molecule has 1 amide bonds. The van der Waals surface area contributed by atoms with E-state index in [2.05, 4.69) is 20.2 Å². The monoisotopic (exact) mass is 334 g/mol. The third-order valence-corrected chi connectivity index (χ3v) is 4.86. The summed E-state index contributed by atoms with van der Waals surface area (Å²) in [7, 11) is 1.78. The summed E-state index contributed by atoms with van der Waals surface area (Å²) < 4.78 is 2.02. The van der Waals surface area contributed by atoms with Crippen LogP contribution in [0.1, 0.15) is 25.0 Å². The van der Waals surface area contributed by atoms with E-state index in [9.17, 15) is 4.79 Å². The molecule has 7 nitrogen and oxygen atoms in total. The number of guanidine groups is 1. The van der Waals surface area contributed by atoms with Gasteiger partial charge in [-0.3, -0.25) is 14.2 Å². The fourth-order valence-corrected chi connectivity index (χ4v) is 3.79. The first kappa shape index (κ1) is 15.8. The van der Waals surface area contributed by atoms with Crippen molar-refractivity contribution in [3.8, 4) is 0 Å². The van der Waals surface area contributed by atoms with Crippen LogP contribution in [0.3, 0.4) is 0 Å². The summed E-state index contributed by atoms with van der Waals surface area (Å²) in [6, 6.07) is 0. The summed E-state index contributed by atoms with van der Waals surface area (Å²) in [6.07, 6.45) is 6.58. The molecule has 2 aromatic heterocycles. The first-order valence-electron chi connectivity index (χ1n) is 7.80. The number of hydrogen-bond acceptors (Lipinski definition) is 4. The molecule has 23 heavy (non-hydrogen) atoms. The molecule has 3 N–H and O–H groups in total. The molecule has 0 saturated carbocycles. The van der Waals surface area contributed by atoms with E-state index >= 15 is 0 Å². The maximum Gasteiger partial charge on any atom is 0.217 e. The van der Waals surface area contributed by atoms with Crippen molar-refractivity contribution >= 4 is 28.2 Å². The van der Waals surface area contributed by atoms with E-state index < -0.39 is 0 Å². The Labute approximate surface area is 139 Å². The number of rotatable bonds is 4. The molecule has 0 bridgehead atoms. The van der Waals surface area contributed by atoms with E-state index in [1.165, 1.54) is 0 Å². The minimum absolute atomic E-state index is 0.224. The maximum atomic E-state index is 11.1. The number of fused-ring (bicyclic) bond motifs is 1. The molecule has 124 valence electrons. The van der Waals surface area contributed by atoms with Gasteiger partial charge in [0.2, 0.25) is 5.91 Å². The Morgan fingerprint density at radius 3 is 3.22 bits per heavy atom. The molecule has 0 aromatic carbocycles. The number of piperidine rings is 1. The highest BCUT2D eigenvalue weighted by atomic mass is 32.1. The van der Waals surface area contributed by atoms with E-state index in [1.807, 2.05) is 22.2 Å². The van der Waals surface area contributed by atoms with Gasteiger partial charge in [-0.05, 0) is 18.8 Å². The highest BCUT2D eigenvalue weighted by molar-refractivity contribution is 7.15. The number of primary amides is 1. The molecule has 1 atom stereocenters. The summed E-state index contributed by atoms with van der Waals surface area (Å²) in [5, 5.41) is 5.39. The minimum Gasteiger partial charge on any atom is -0.370 e. The average molecular weight is 334 g/mol. The van der Waals surface area contributed by atoms with Crippen LogP contribution in [0, 0.1) is 5.92 Å². The lowest BCUT2D eigenvalue weighted by Crippen LogP contribution is -2.46. The molecule has 0 radical (unpaired) electrons. The van der Waals surface area contributed by atoms with E-state index in [-0.39, 0.29) is 5.91 Å². The fourth-order valence-electron chi connectivity index (χ4n) is 3.07. The second kappa shape index (κ2) is 6.99. The van der Waals surface area contributed by atoms with Crippen molar-refractivity contribution in [2.24, 2.45) is 16.6 Å². The van der Waals surface area contributed by atoms with Gasteiger partial charge in [-0.1, -0.05) is 0 Å². The first-order chi connectivity index (χ1) is 11.2. The molecule has 2 aromatic rings. The number of carbonyl (C=O) groups excluding carboxylic acids is 1. The average Bonchev–Trinajstić information content (AvgIpc) is 3.09. The second-order valence-electron chi connectivity index (χ2n) is 5.85. The van der Waals surface area contributed by atoms with Gasteiger partial charge in [-0.2, -0.15) is 0 Å². The van der Waals surface area contributed by atoms with Crippen LogP contribution < -0.4 is 11.1 Å². The van der Waals surface area contributed by atoms with Gasteiger partial charge in [-0.25, -0.2) is 4.98 Å². The van der Waals surface area contributed by atoms with Crippen molar-refractivity contribution in [3.63, 3.8) is 0 Å². The van der Waals surface area contributed by atoms with Gasteiger partial charge in [0.1, 0.15) is 0 Å². The normalized spacial score (nSPS) is 19.3. The van der Waals surface area contributed by atoms with Crippen LogP contribution >= 0.6 is 11.3 Å². The Hall–Kier alpha value is -2.09. The van der Waals surface area contributed by atoms with Crippen LogP contribution in [0.5, 0.6) is 0 Å². The van der Waals surface area contributed by atoms with Crippen molar-refractivity contribution in [2.45, 2.75) is 25.8 Å². The summed E-state index contributed by atoms with van der Waals surface area (Å²) in [4.78, 5) is 23.3. The zero-order valence-corrected chi connectivity index (χ0v) is 14.1. The third kappa shape index (κ3) is 3.82. The second-order valence-corrected chi connectivity index (χ2v) is 6.72. The van der Waals surface area contributed by atoms with E-state index in [1.54, 1.807) is 18.4 Å². The van der Waals surface area contributed by atoms with Crippen molar-refractivity contribution in [2.75, 3.05) is 20.1 Å². The molecule has 0 aliphatic carbocycles. The molecule has 0 spiro atoms. The number of nitrogens with two attached hydrogens (primary N) is 1. The third-order valence-electron chi connectivity index (χ3n) is 4.09. The number of imidazole rings is 1. The van der Waals surface area contributed by atoms with Crippen molar-refractivity contribution in [1.29, 1.82) is 0 Å². The van der Waals surface area contributed by atoms with Gasteiger partial charge in [-0.15, -0.1) is 11.3 Å². The van der Waals surface area contributed by atoms with Crippen molar-refractivity contribution < 1.29 is 4.79 Å². The number of aliphatic imine (C=N–C) groups is 1. The van der Waals surface area contributed by atoms with E-state index in [0.29, 0.717) is 18.9 Å². The Kier molecular flexibility index (Phi) is 4.80. The molecule has 3 rings (SSSR count). The molecule has 3 heterocycles. The van der Waals surface area contributed by atoms with E-state index in [0.717, 1.165) is 42.5 Å². The summed E-state index contributed by atoms with van der Waals surface area (Å²) in [5.74, 6) is 0.950. The first-order valence-corrected chi connectivity index (χ1v) is 8.68. The highest BCUT2D eigenvalue weighted by Crippen LogP contribution is 2.19. The van der Waals surface area contributed by atoms with Crippen molar-refractivity contribution in [3.05, 3.63) is 23.5 Å². The topological polar surface area (TPSA) is 88.0 Å². The van der Waals surface area contributed by atoms with Gasteiger partial charge in [0, 0.05) is 44.3 Å². The highest BCUT2D eigenvalue weighted by Gasteiger charge is 2.23. The van der Waals surface area contributed by atoms with Gasteiger partial charge in [0.25, 0.3) is 0 Å². The zero-order valence-electron chi connectivity index (χ0n) is 13.2. The molecule has 1 aliphatic heterocycles. The standard InChI is InChI=1S/C15H22N6OS/c1-17-14(20-4-2-3-11(9-20)7-13(16)22)18-8-12-10-21-5-6-23-15(21)19-12/h5-6,10-11H,2-4,7-9H2,1H3,(H2,16,22)(H,17,18). The molecule has 8 heteroatoms. The van der Waals surface area contributed by atoms with Crippen LogP contribution in [0.4, 0.5) is 0 Å². The number of aromatic nitrogens is 2. The number of hydrogen-bond donors (Lipinski definition) is 2. The predicted molar refractivity (Wildman–Crippen MR) is 91.4 cm³/mol. The molecule has 1 fully saturated rings. The van der Waals surface area contributed by atoms with Crippen LogP contribution in [0.2, 0.25) is 0 Å². The van der Waals surface area contributed by atoms with Crippen LogP contribution in [0.15, 0.2) is 22.8 Å². The van der Waals surface area contributed by atoms with Gasteiger partial charge >= 0.3 is 0 Å². The van der Waals surface area contributed by atoms with Gasteiger partial charge in [0.15, 0.2) is 10.9 Å². The summed E-state index contributed by atoms with van der Waals surface area (Å²) in [5.41, 5.74) is 6.32. The maximum absolute atomic E-state index is 11.1. The molecule has 1 saturated heterocycles. The fraction of sp³-hybridized carbons (Fsp3) is 0.533. The number of amides is 1. The number of likely N-dealkylation sites (tertiary alicyclic amines) is 1. The van der Waals surface area contributed by atoms with Gasteiger partial charge < -0.3 is 16.0 Å². The molecule has 1 unspecified atom stereocenters.